The van der Waals surface area contributed by atoms with E-state index in [0.29, 0.717) is 47.4 Å². The molecule has 1 fully saturated rings. The van der Waals surface area contributed by atoms with Crippen LogP contribution in [-0.2, 0) is 10.0 Å². The van der Waals surface area contributed by atoms with Crippen molar-refractivity contribution in [3.05, 3.63) is 130 Å². The number of piperidine rings is 1. The van der Waals surface area contributed by atoms with Crippen LogP contribution >= 0.6 is 23.2 Å². The Morgan fingerprint density at radius 3 is 1.98 bits per heavy atom. The monoisotopic (exact) mass is 644 g/mol. The summed E-state index contributed by atoms with van der Waals surface area (Å²) in [6.45, 7) is 0.746. The predicted molar refractivity (Wildman–Crippen MR) is 176 cm³/mol. The van der Waals surface area contributed by atoms with E-state index in [9.17, 15) is 8.42 Å². The van der Waals surface area contributed by atoms with Gasteiger partial charge in [0.1, 0.15) is 18.0 Å². The number of halogens is 2. The van der Waals surface area contributed by atoms with E-state index in [1.165, 1.54) is 16.4 Å². The molecule has 4 N–H and O–H groups in total. The van der Waals surface area contributed by atoms with Crippen molar-refractivity contribution in [1.82, 2.24) is 14.3 Å². The first-order chi connectivity index (χ1) is 21.2. The molecule has 0 amide bonds. The molecule has 44 heavy (non-hydrogen) atoms. The normalized spacial score (nSPS) is 14.6. The molecular weight excluding hydrogens is 615 g/mol. The topological polar surface area (TPSA) is 125 Å². The average Bonchev–Trinajstić information content (AvgIpc) is 3.03. The molecule has 0 unspecified atom stereocenters. The van der Waals surface area contributed by atoms with E-state index < -0.39 is 10.0 Å². The lowest BCUT2D eigenvalue weighted by molar-refractivity contribution is 0.329. The quantitative estimate of drug-likeness (QED) is 0.0984. The highest BCUT2D eigenvalue weighted by Gasteiger charge is 2.30. The summed E-state index contributed by atoms with van der Waals surface area (Å²) >= 11 is 12.4. The van der Waals surface area contributed by atoms with Crippen molar-refractivity contribution >= 4 is 55.8 Å². The van der Waals surface area contributed by atoms with Gasteiger partial charge in [0.05, 0.1) is 10.4 Å². The van der Waals surface area contributed by atoms with Crippen molar-refractivity contribution in [1.29, 1.82) is 5.41 Å². The zero-order valence-electron chi connectivity index (χ0n) is 23.6. The lowest BCUT2D eigenvalue weighted by Gasteiger charge is -2.32. The number of nitrogens with zero attached hydrogens (tertiary/aromatic N) is 3. The van der Waals surface area contributed by atoms with Crippen LogP contribution in [0.4, 0.5) is 5.82 Å². The minimum atomic E-state index is -3.66. The second kappa shape index (κ2) is 12.5. The summed E-state index contributed by atoms with van der Waals surface area (Å²) in [5.74, 6) is 0.541. The number of hydrogen-bond donors (Lipinski definition) is 3. The number of fused-ring (bicyclic) bond motifs is 1. The fraction of sp³-hybridized carbons (Fsp3) is 0.182. The van der Waals surface area contributed by atoms with E-state index >= 15 is 0 Å². The smallest absolute Gasteiger partial charge is 0.243 e. The van der Waals surface area contributed by atoms with E-state index in [1.54, 1.807) is 18.5 Å². The van der Waals surface area contributed by atoms with Crippen molar-refractivity contribution in [3.8, 4) is 0 Å². The number of sulfonamides is 1. The third kappa shape index (κ3) is 6.27. The second-order valence-corrected chi connectivity index (χ2v) is 13.6. The molecule has 8 nitrogen and oxygen atoms in total. The SMILES string of the molecule is N=C(N)c1ccc(S(=O)(=O)N2CCC(Nc3ncnc4ccc(C(c5ccc(Cl)cc5)c5ccc(Cl)cc5)cc34)CC2)cc1. The molecule has 0 radical (unpaired) electrons. The van der Waals surface area contributed by atoms with Crippen LogP contribution < -0.4 is 11.1 Å². The Bertz CT molecular complexity index is 1860. The molecule has 224 valence electrons. The number of aromatic nitrogens is 2. The maximum Gasteiger partial charge on any atom is 0.243 e. The van der Waals surface area contributed by atoms with Gasteiger partial charge in [0.15, 0.2) is 0 Å². The van der Waals surface area contributed by atoms with Crippen LogP contribution in [0.3, 0.4) is 0 Å². The lowest BCUT2D eigenvalue weighted by Crippen LogP contribution is -2.42. The summed E-state index contributed by atoms with van der Waals surface area (Å²) in [5.41, 5.74) is 10.1. The van der Waals surface area contributed by atoms with Gasteiger partial charge in [-0.1, -0.05) is 53.5 Å². The molecule has 0 atom stereocenters. The summed E-state index contributed by atoms with van der Waals surface area (Å²) in [7, 11) is -3.66. The van der Waals surface area contributed by atoms with Crippen molar-refractivity contribution < 1.29 is 8.42 Å². The Labute approximate surface area is 266 Å². The highest BCUT2D eigenvalue weighted by molar-refractivity contribution is 7.89. The highest BCUT2D eigenvalue weighted by atomic mass is 35.5. The minimum absolute atomic E-state index is 0.0339. The number of nitrogens with one attached hydrogen (secondary N) is 2. The number of rotatable bonds is 8. The van der Waals surface area contributed by atoms with Gasteiger partial charge in [-0.15, -0.1) is 0 Å². The Morgan fingerprint density at radius 1 is 0.841 bits per heavy atom. The van der Waals surface area contributed by atoms with Crippen LogP contribution in [0.5, 0.6) is 0 Å². The van der Waals surface area contributed by atoms with E-state index in [1.807, 2.05) is 54.6 Å². The molecule has 0 bridgehead atoms. The zero-order valence-corrected chi connectivity index (χ0v) is 25.9. The molecule has 4 aromatic carbocycles. The first-order valence-electron chi connectivity index (χ1n) is 14.2. The number of nitrogen functional groups attached to an aromatic ring is 1. The Hall–Kier alpha value is -4.02. The molecule has 1 aromatic heterocycles. The Kier molecular flexibility index (Phi) is 8.55. The zero-order chi connectivity index (χ0) is 30.8. The molecule has 0 aliphatic carbocycles. The van der Waals surface area contributed by atoms with Gasteiger partial charge in [-0.25, -0.2) is 18.4 Å². The van der Waals surface area contributed by atoms with Crippen LogP contribution in [-0.4, -0.2) is 47.7 Å². The van der Waals surface area contributed by atoms with E-state index in [0.717, 1.165) is 27.6 Å². The van der Waals surface area contributed by atoms with Gasteiger partial charge in [0, 0.05) is 46.0 Å². The maximum absolute atomic E-state index is 13.3. The molecular formula is C33H30Cl2N6O2S. The van der Waals surface area contributed by atoms with Crippen LogP contribution in [0.15, 0.2) is 102 Å². The summed E-state index contributed by atoms with van der Waals surface area (Å²) in [6.07, 6.45) is 2.78. The van der Waals surface area contributed by atoms with E-state index in [4.69, 9.17) is 34.3 Å². The standard InChI is InChI=1S/C33H30Cl2N6O2S/c34-25-8-1-21(2-9-25)31(22-3-10-26(35)11-4-22)24-7-14-30-29(19-24)33(39-20-38-30)40-27-15-17-41(18-16-27)44(42,43)28-12-5-23(6-13-28)32(36)37/h1-14,19-20,27,31H,15-18H2,(H3,36,37)(H,38,39,40). The summed E-state index contributed by atoms with van der Waals surface area (Å²) < 4.78 is 28.0. The predicted octanol–water partition coefficient (Wildman–Crippen LogP) is 6.67. The third-order valence-electron chi connectivity index (χ3n) is 8.00. The Balaban J connectivity index is 1.24. The fourth-order valence-electron chi connectivity index (χ4n) is 5.65. The van der Waals surface area contributed by atoms with Crippen molar-refractivity contribution in [3.63, 3.8) is 0 Å². The number of amidine groups is 1. The molecule has 0 saturated carbocycles. The molecule has 1 aliphatic heterocycles. The summed E-state index contributed by atoms with van der Waals surface area (Å²) in [5, 5.41) is 13.3. The van der Waals surface area contributed by atoms with E-state index in [2.05, 4.69) is 27.4 Å². The molecule has 5 aromatic rings. The van der Waals surface area contributed by atoms with Gasteiger partial charge in [0.25, 0.3) is 0 Å². The molecule has 2 heterocycles. The number of anilines is 1. The minimum Gasteiger partial charge on any atom is -0.384 e. The van der Waals surface area contributed by atoms with Crippen molar-refractivity contribution in [2.24, 2.45) is 5.73 Å². The first-order valence-corrected chi connectivity index (χ1v) is 16.4. The highest BCUT2D eigenvalue weighted by Crippen LogP contribution is 2.36. The van der Waals surface area contributed by atoms with E-state index in [-0.39, 0.29) is 22.7 Å². The molecule has 1 aliphatic rings. The van der Waals surface area contributed by atoms with Gasteiger partial charge in [-0.05, 0) is 90.2 Å². The van der Waals surface area contributed by atoms with Crippen LogP contribution in [0.1, 0.15) is 41.0 Å². The lowest BCUT2D eigenvalue weighted by atomic mass is 9.84. The number of benzene rings is 4. The first kappa shape index (κ1) is 30.0. The maximum atomic E-state index is 13.3. The molecule has 1 saturated heterocycles. The molecule has 11 heteroatoms. The van der Waals surface area contributed by atoms with Gasteiger partial charge < -0.3 is 11.1 Å². The van der Waals surface area contributed by atoms with Gasteiger partial charge in [0.2, 0.25) is 10.0 Å². The number of nitrogens with two attached hydrogens (primary N) is 1. The summed E-state index contributed by atoms with van der Waals surface area (Å²) in [6, 6.07) is 28.1. The van der Waals surface area contributed by atoms with Crippen LogP contribution in [0, 0.1) is 5.41 Å². The van der Waals surface area contributed by atoms with Crippen LogP contribution in [0.2, 0.25) is 10.0 Å². The molecule has 0 spiro atoms. The second-order valence-electron chi connectivity index (χ2n) is 10.8. The summed E-state index contributed by atoms with van der Waals surface area (Å²) in [4.78, 5) is 9.29. The molecule has 6 rings (SSSR count). The third-order valence-corrected chi connectivity index (χ3v) is 10.4. The largest absolute Gasteiger partial charge is 0.384 e. The van der Waals surface area contributed by atoms with Gasteiger partial charge >= 0.3 is 0 Å². The van der Waals surface area contributed by atoms with Gasteiger partial charge in [-0.2, -0.15) is 4.31 Å². The number of hydrogen-bond acceptors (Lipinski definition) is 6. The van der Waals surface area contributed by atoms with Crippen molar-refractivity contribution in [2.45, 2.75) is 29.7 Å². The average molecular weight is 646 g/mol. The fourth-order valence-corrected chi connectivity index (χ4v) is 7.37. The van der Waals surface area contributed by atoms with Crippen LogP contribution in [0.25, 0.3) is 10.9 Å². The Morgan fingerprint density at radius 2 is 1.41 bits per heavy atom. The van der Waals surface area contributed by atoms with Gasteiger partial charge in [-0.3, -0.25) is 5.41 Å². The van der Waals surface area contributed by atoms with Crippen molar-refractivity contribution in [2.75, 3.05) is 18.4 Å².